The van der Waals surface area contributed by atoms with Gasteiger partial charge in [-0.1, -0.05) is 69.1 Å². The average Bonchev–Trinajstić information content (AvgIpc) is 2.79. The van der Waals surface area contributed by atoms with E-state index in [9.17, 15) is 0 Å². The number of rotatable bonds is 18. The van der Waals surface area contributed by atoms with E-state index in [1.165, 1.54) is 56.9 Å². The summed E-state index contributed by atoms with van der Waals surface area (Å²) in [4.78, 5) is 0. The second kappa shape index (κ2) is 16.5. The summed E-state index contributed by atoms with van der Waals surface area (Å²) in [6.45, 7) is 5.80. The molecule has 2 aromatic rings. The fourth-order valence-corrected chi connectivity index (χ4v) is 4.46. The summed E-state index contributed by atoms with van der Waals surface area (Å²) in [5.41, 5.74) is 2.40. The summed E-state index contributed by atoms with van der Waals surface area (Å²) >= 11 is 11.5. The molecule has 0 aliphatic carbocycles. The summed E-state index contributed by atoms with van der Waals surface area (Å²) in [6.07, 6.45) is 14.4. The van der Waals surface area contributed by atoms with E-state index in [-0.39, 0.29) is 0 Å². The molecule has 0 saturated carbocycles. The van der Waals surface area contributed by atoms with Gasteiger partial charge in [-0.05, 0) is 57.2 Å². The lowest BCUT2D eigenvalue weighted by Crippen LogP contribution is -2.03. The molecule has 0 unspecified atom stereocenters. The molecule has 0 aliphatic heterocycles. The maximum atomic E-state index is 6.28. The molecule has 0 aliphatic rings. The molecule has 2 aromatic carbocycles. The number of alkyl halides is 2. The van der Waals surface area contributed by atoms with E-state index in [0.29, 0.717) is 0 Å². The summed E-state index contributed by atoms with van der Waals surface area (Å²) < 4.78 is 12.5. The summed E-state index contributed by atoms with van der Waals surface area (Å²) in [5.74, 6) is 3.55. The first-order chi connectivity index (χ1) is 15.7. The molecule has 0 N–H and O–H groups in total. The van der Waals surface area contributed by atoms with Gasteiger partial charge in [-0.15, -0.1) is 23.2 Å². The SMILES string of the molecule is Cc1ccc2c(OCCCCCCCCCl)c(C)cc(OCCCCCCCCCl)c2c1. The Balaban J connectivity index is 1.89. The molecule has 0 spiro atoms. The number of hydrogen-bond donors (Lipinski definition) is 0. The molecule has 4 heteroatoms. The van der Waals surface area contributed by atoms with Gasteiger partial charge in [0.15, 0.2) is 0 Å². The zero-order chi connectivity index (χ0) is 23.0. The van der Waals surface area contributed by atoms with Gasteiger partial charge in [-0.25, -0.2) is 0 Å². The van der Waals surface area contributed by atoms with E-state index in [1.807, 2.05) is 0 Å². The monoisotopic (exact) mass is 480 g/mol. The van der Waals surface area contributed by atoms with Crippen LogP contribution in [0.4, 0.5) is 0 Å². The van der Waals surface area contributed by atoms with Crippen LogP contribution < -0.4 is 9.47 Å². The van der Waals surface area contributed by atoms with Crippen LogP contribution >= 0.6 is 23.2 Å². The Morgan fingerprint density at radius 1 is 0.594 bits per heavy atom. The van der Waals surface area contributed by atoms with Crippen molar-refractivity contribution in [1.29, 1.82) is 0 Å². The Morgan fingerprint density at radius 2 is 1.12 bits per heavy atom. The van der Waals surface area contributed by atoms with E-state index in [0.717, 1.165) is 78.5 Å². The van der Waals surface area contributed by atoms with E-state index in [4.69, 9.17) is 32.7 Å². The Morgan fingerprint density at radius 3 is 1.72 bits per heavy atom. The van der Waals surface area contributed by atoms with Gasteiger partial charge in [0.05, 0.1) is 13.2 Å². The van der Waals surface area contributed by atoms with Crippen LogP contribution in [-0.2, 0) is 0 Å². The Hall–Kier alpha value is -1.12. The highest BCUT2D eigenvalue weighted by molar-refractivity contribution is 6.18. The maximum absolute atomic E-state index is 6.28. The van der Waals surface area contributed by atoms with Gasteiger partial charge in [0, 0.05) is 22.5 Å². The van der Waals surface area contributed by atoms with Gasteiger partial charge in [0.25, 0.3) is 0 Å². The van der Waals surface area contributed by atoms with Crippen LogP contribution in [0.15, 0.2) is 24.3 Å². The largest absolute Gasteiger partial charge is 0.493 e. The minimum atomic E-state index is 0.766. The Bertz CT molecular complexity index is 776. The van der Waals surface area contributed by atoms with Crippen LogP contribution in [0.25, 0.3) is 10.8 Å². The lowest BCUT2D eigenvalue weighted by molar-refractivity contribution is 0.300. The van der Waals surface area contributed by atoms with E-state index in [2.05, 4.69) is 38.1 Å². The first kappa shape index (κ1) is 27.1. The number of fused-ring (bicyclic) bond motifs is 1. The highest BCUT2D eigenvalue weighted by atomic mass is 35.5. The molecule has 180 valence electrons. The van der Waals surface area contributed by atoms with Crippen LogP contribution in [0.2, 0.25) is 0 Å². The zero-order valence-corrected chi connectivity index (χ0v) is 21.7. The fourth-order valence-electron chi connectivity index (χ4n) is 4.09. The third-order valence-electron chi connectivity index (χ3n) is 5.95. The predicted octanol–water partition coefficient (Wildman–Crippen LogP) is 9.37. The molecule has 0 saturated heterocycles. The van der Waals surface area contributed by atoms with Crippen molar-refractivity contribution in [3.05, 3.63) is 35.4 Å². The van der Waals surface area contributed by atoms with Crippen molar-refractivity contribution in [2.45, 2.75) is 90.9 Å². The molecule has 0 amide bonds. The fraction of sp³-hybridized carbons (Fsp3) is 0.643. The number of benzene rings is 2. The van der Waals surface area contributed by atoms with Crippen LogP contribution in [0.3, 0.4) is 0 Å². The third kappa shape index (κ3) is 9.79. The van der Waals surface area contributed by atoms with E-state index < -0.39 is 0 Å². The lowest BCUT2D eigenvalue weighted by atomic mass is 10.0. The number of hydrogen-bond acceptors (Lipinski definition) is 2. The minimum absolute atomic E-state index is 0.766. The summed E-state index contributed by atoms with van der Waals surface area (Å²) in [6, 6.07) is 8.72. The van der Waals surface area contributed by atoms with Crippen molar-refractivity contribution in [1.82, 2.24) is 0 Å². The number of halogens is 2. The molecule has 0 radical (unpaired) electrons. The molecule has 32 heavy (non-hydrogen) atoms. The van der Waals surface area contributed by atoms with Crippen molar-refractivity contribution < 1.29 is 9.47 Å². The quantitative estimate of drug-likeness (QED) is 0.156. The van der Waals surface area contributed by atoms with E-state index in [1.54, 1.807) is 0 Å². The third-order valence-corrected chi connectivity index (χ3v) is 6.49. The van der Waals surface area contributed by atoms with Gasteiger partial charge in [0.1, 0.15) is 11.5 Å². The second-order valence-corrected chi connectivity index (χ2v) is 9.64. The second-order valence-electron chi connectivity index (χ2n) is 8.89. The molecule has 0 bridgehead atoms. The van der Waals surface area contributed by atoms with Gasteiger partial charge in [-0.3, -0.25) is 0 Å². The topological polar surface area (TPSA) is 18.5 Å². The van der Waals surface area contributed by atoms with Crippen molar-refractivity contribution in [3.63, 3.8) is 0 Å². The Labute approximate surface area is 206 Å². The summed E-state index contributed by atoms with van der Waals surface area (Å²) in [7, 11) is 0. The normalized spacial score (nSPS) is 11.2. The predicted molar refractivity (Wildman–Crippen MR) is 141 cm³/mol. The number of unbranched alkanes of at least 4 members (excludes halogenated alkanes) is 10. The smallest absolute Gasteiger partial charge is 0.130 e. The van der Waals surface area contributed by atoms with Gasteiger partial charge in [-0.2, -0.15) is 0 Å². The molecule has 0 fully saturated rings. The molecule has 2 rings (SSSR count). The Kier molecular flexibility index (Phi) is 14.0. The molecular formula is C28H42Cl2O2. The van der Waals surface area contributed by atoms with Crippen molar-refractivity contribution >= 4 is 34.0 Å². The maximum Gasteiger partial charge on any atom is 0.130 e. The molecule has 2 nitrogen and oxygen atoms in total. The standard InChI is InChI=1S/C28H42Cl2O2/c1-23-15-16-25-26(21-23)27(31-19-13-9-5-3-7-11-17-29)22-24(2)28(25)32-20-14-10-6-4-8-12-18-30/h15-16,21-22H,3-14,17-20H2,1-2H3. The average molecular weight is 482 g/mol. The molecule has 0 heterocycles. The van der Waals surface area contributed by atoms with E-state index >= 15 is 0 Å². The first-order valence-corrected chi connectivity index (χ1v) is 13.7. The molecular weight excluding hydrogens is 439 g/mol. The van der Waals surface area contributed by atoms with Gasteiger partial charge in [0.2, 0.25) is 0 Å². The molecule has 0 atom stereocenters. The first-order valence-electron chi connectivity index (χ1n) is 12.6. The highest BCUT2D eigenvalue weighted by Crippen LogP contribution is 2.37. The van der Waals surface area contributed by atoms with Crippen molar-refractivity contribution in [3.8, 4) is 11.5 Å². The van der Waals surface area contributed by atoms with Crippen molar-refractivity contribution in [2.75, 3.05) is 25.0 Å². The zero-order valence-electron chi connectivity index (χ0n) is 20.2. The molecule has 0 aromatic heterocycles. The van der Waals surface area contributed by atoms with Crippen LogP contribution in [0, 0.1) is 13.8 Å². The van der Waals surface area contributed by atoms with Crippen LogP contribution in [0.1, 0.15) is 88.2 Å². The number of aryl methyl sites for hydroxylation is 2. The van der Waals surface area contributed by atoms with Crippen LogP contribution in [0.5, 0.6) is 11.5 Å². The minimum Gasteiger partial charge on any atom is -0.493 e. The van der Waals surface area contributed by atoms with Crippen LogP contribution in [-0.4, -0.2) is 25.0 Å². The summed E-state index contributed by atoms with van der Waals surface area (Å²) in [5, 5.41) is 2.32. The van der Waals surface area contributed by atoms with Crippen molar-refractivity contribution in [2.24, 2.45) is 0 Å². The van der Waals surface area contributed by atoms with Gasteiger partial charge < -0.3 is 9.47 Å². The number of ether oxygens (including phenoxy) is 2. The highest BCUT2D eigenvalue weighted by Gasteiger charge is 2.12. The van der Waals surface area contributed by atoms with Gasteiger partial charge >= 0.3 is 0 Å². The lowest BCUT2D eigenvalue weighted by Gasteiger charge is -2.17.